The number of hydrogen-bond acceptors (Lipinski definition) is 4. The first kappa shape index (κ1) is 14.7. The van der Waals surface area contributed by atoms with E-state index in [1.54, 1.807) is 0 Å². The maximum absolute atomic E-state index is 6.28. The quantitative estimate of drug-likeness (QED) is 0.908. The van der Waals surface area contributed by atoms with Gasteiger partial charge < -0.3 is 10.3 Å². The van der Waals surface area contributed by atoms with Gasteiger partial charge in [-0.25, -0.2) is 0 Å². The molecule has 0 unspecified atom stereocenters. The minimum absolute atomic E-state index is 0.506. The summed E-state index contributed by atoms with van der Waals surface area (Å²) >= 11 is 0. The minimum Gasteiger partial charge on any atom is -0.337 e. The highest BCUT2D eigenvalue weighted by molar-refractivity contribution is 5.30. The van der Waals surface area contributed by atoms with E-state index in [1.165, 1.54) is 16.7 Å². The Balaban J connectivity index is 2.21. The smallest absolute Gasteiger partial charge is 0.246 e. The summed E-state index contributed by atoms with van der Waals surface area (Å²) in [6.07, 6.45) is 2.25. The van der Waals surface area contributed by atoms with Gasteiger partial charge in [-0.15, -0.1) is 0 Å². The fourth-order valence-corrected chi connectivity index (χ4v) is 2.43. The lowest BCUT2D eigenvalue weighted by atomic mass is 9.94. The average Bonchev–Trinajstić information content (AvgIpc) is 2.85. The Morgan fingerprint density at radius 1 is 1.10 bits per heavy atom. The number of rotatable bonds is 5. The molecule has 2 rings (SSSR count). The lowest BCUT2D eigenvalue weighted by Crippen LogP contribution is -2.35. The van der Waals surface area contributed by atoms with Crippen LogP contribution in [-0.2, 0) is 12.0 Å². The molecule has 1 heterocycles. The van der Waals surface area contributed by atoms with E-state index in [-0.39, 0.29) is 0 Å². The van der Waals surface area contributed by atoms with Crippen LogP contribution >= 0.6 is 0 Å². The van der Waals surface area contributed by atoms with Gasteiger partial charge in [-0.3, -0.25) is 0 Å². The molecule has 4 heteroatoms. The molecule has 0 fully saturated rings. The van der Waals surface area contributed by atoms with Crippen molar-refractivity contribution < 1.29 is 4.52 Å². The first-order chi connectivity index (χ1) is 9.46. The molecule has 4 nitrogen and oxygen atoms in total. The van der Waals surface area contributed by atoms with Gasteiger partial charge in [0.1, 0.15) is 0 Å². The molecular formula is C16H23N3O. The number of nitrogens with zero attached hydrogens (tertiary/aromatic N) is 2. The van der Waals surface area contributed by atoms with Crippen LogP contribution in [0.3, 0.4) is 0 Å². The standard InChI is InChI=1S/C16H23N3O/c1-5-16(17,6-2)15-18-14(19-20-15)10-13-8-11(3)7-12(4)9-13/h7-9H,5-6,10,17H2,1-4H3. The van der Waals surface area contributed by atoms with Crippen LogP contribution in [-0.4, -0.2) is 10.1 Å². The van der Waals surface area contributed by atoms with Crippen molar-refractivity contribution in [1.29, 1.82) is 0 Å². The summed E-state index contributed by atoms with van der Waals surface area (Å²) in [5.74, 6) is 1.24. The maximum Gasteiger partial charge on any atom is 0.246 e. The maximum atomic E-state index is 6.28. The number of hydrogen-bond donors (Lipinski definition) is 1. The topological polar surface area (TPSA) is 64.9 Å². The second-order valence-electron chi connectivity index (χ2n) is 5.55. The van der Waals surface area contributed by atoms with Gasteiger partial charge in [0.25, 0.3) is 0 Å². The largest absolute Gasteiger partial charge is 0.337 e. The molecule has 0 aliphatic carbocycles. The zero-order valence-electron chi connectivity index (χ0n) is 12.7. The Hall–Kier alpha value is -1.68. The van der Waals surface area contributed by atoms with E-state index in [4.69, 9.17) is 10.3 Å². The van der Waals surface area contributed by atoms with E-state index in [2.05, 4.69) is 42.2 Å². The van der Waals surface area contributed by atoms with Crippen LogP contribution in [0.4, 0.5) is 0 Å². The van der Waals surface area contributed by atoms with Crippen molar-refractivity contribution in [2.45, 2.75) is 52.5 Å². The highest BCUT2D eigenvalue weighted by atomic mass is 16.5. The fourth-order valence-electron chi connectivity index (χ4n) is 2.43. The summed E-state index contributed by atoms with van der Waals surface area (Å²) in [6, 6.07) is 6.46. The zero-order chi connectivity index (χ0) is 14.8. The van der Waals surface area contributed by atoms with Gasteiger partial charge in [-0.2, -0.15) is 4.98 Å². The Morgan fingerprint density at radius 3 is 2.25 bits per heavy atom. The minimum atomic E-state index is -0.506. The first-order valence-corrected chi connectivity index (χ1v) is 7.16. The van der Waals surface area contributed by atoms with E-state index in [9.17, 15) is 0 Å². The van der Waals surface area contributed by atoms with Gasteiger partial charge in [0.15, 0.2) is 5.82 Å². The first-order valence-electron chi connectivity index (χ1n) is 7.16. The third-order valence-electron chi connectivity index (χ3n) is 3.80. The Labute approximate surface area is 120 Å². The van der Waals surface area contributed by atoms with E-state index >= 15 is 0 Å². The zero-order valence-corrected chi connectivity index (χ0v) is 12.7. The summed E-state index contributed by atoms with van der Waals surface area (Å²) in [5.41, 5.74) is 9.47. The SMILES string of the molecule is CCC(N)(CC)c1nc(Cc2cc(C)cc(C)c2)no1. The molecule has 0 bridgehead atoms. The Bertz CT molecular complexity index is 565. The van der Waals surface area contributed by atoms with E-state index < -0.39 is 5.54 Å². The van der Waals surface area contributed by atoms with Gasteiger partial charge in [0.05, 0.1) is 5.54 Å². The van der Waals surface area contributed by atoms with E-state index in [0.29, 0.717) is 18.1 Å². The van der Waals surface area contributed by atoms with Gasteiger partial charge in [0.2, 0.25) is 5.89 Å². The number of aryl methyl sites for hydroxylation is 2. The van der Waals surface area contributed by atoms with Crippen LogP contribution in [0, 0.1) is 13.8 Å². The van der Waals surface area contributed by atoms with Crippen molar-refractivity contribution in [3.63, 3.8) is 0 Å². The molecule has 0 spiro atoms. The second-order valence-corrected chi connectivity index (χ2v) is 5.55. The molecule has 2 N–H and O–H groups in total. The molecule has 0 saturated carbocycles. The summed E-state index contributed by atoms with van der Waals surface area (Å²) in [6.45, 7) is 8.27. The second kappa shape index (κ2) is 5.75. The van der Waals surface area contributed by atoms with Crippen LogP contribution < -0.4 is 5.73 Å². The molecule has 1 aromatic heterocycles. The van der Waals surface area contributed by atoms with Gasteiger partial charge in [-0.05, 0) is 32.3 Å². The molecule has 108 valence electrons. The van der Waals surface area contributed by atoms with Crippen LogP contribution in [0.5, 0.6) is 0 Å². The molecule has 1 aromatic carbocycles. The van der Waals surface area contributed by atoms with Crippen molar-refractivity contribution in [1.82, 2.24) is 10.1 Å². The molecule has 20 heavy (non-hydrogen) atoms. The number of nitrogens with two attached hydrogens (primary N) is 1. The summed E-state index contributed by atoms with van der Waals surface area (Å²) in [7, 11) is 0. The Kier molecular flexibility index (Phi) is 4.23. The number of aromatic nitrogens is 2. The van der Waals surface area contributed by atoms with Crippen LogP contribution in [0.1, 0.15) is 55.1 Å². The average molecular weight is 273 g/mol. The predicted octanol–water partition coefficient (Wildman–Crippen LogP) is 3.25. The molecule has 0 atom stereocenters. The molecular weight excluding hydrogens is 250 g/mol. The summed E-state index contributed by atoms with van der Waals surface area (Å²) in [4.78, 5) is 4.48. The highest BCUT2D eigenvalue weighted by Gasteiger charge is 2.29. The van der Waals surface area contributed by atoms with E-state index in [0.717, 1.165) is 12.8 Å². The monoisotopic (exact) mass is 273 g/mol. The molecule has 2 aromatic rings. The third kappa shape index (κ3) is 3.07. The van der Waals surface area contributed by atoms with Crippen molar-refractivity contribution in [3.8, 4) is 0 Å². The normalized spacial score (nSPS) is 11.8. The Morgan fingerprint density at radius 2 is 1.70 bits per heavy atom. The van der Waals surface area contributed by atoms with E-state index in [1.807, 2.05) is 13.8 Å². The van der Waals surface area contributed by atoms with Crippen molar-refractivity contribution >= 4 is 0 Å². The highest BCUT2D eigenvalue weighted by Crippen LogP contribution is 2.24. The van der Waals surface area contributed by atoms with Crippen LogP contribution in [0.15, 0.2) is 22.7 Å². The van der Waals surface area contributed by atoms with Crippen LogP contribution in [0.2, 0.25) is 0 Å². The molecule has 0 aliphatic rings. The summed E-state index contributed by atoms with van der Waals surface area (Å²) in [5, 5.41) is 4.07. The van der Waals surface area contributed by atoms with Gasteiger partial charge in [-0.1, -0.05) is 48.3 Å². The van der Waals surface area contributed by atoms with Crippen molar-refractivity contribution in [3.05, 3.63) is 46.6 Å². The predicted molar refractivity (Wildman–Crippen MR) is 79.5 cm³/mol. The molecule has 0 aliphatic heterocycles. The molecule has 0 amide bonds. The summed E-state index contributed by atoms with van der Waals surface area (Å²) < 4.78 is 5.36. The lowest BCUT2D eigenvalue weighted by Gasteiger charge is -2.20. The van der Waals surface area contributed by atoms with Gasteiger partial charge >= 0.3 is 0 Å². The lowest BCUT2D eigenvalue weighted by molar-refractivity contribution is 0.267. The fraction of sp³-hybridized carbons (Fsp3) is 0.500. The van der Waals surface area contributed by atoms with Crippen LogP contribution in [0.25, 0.3) is 0 Å². The van der Waals surface area contributed by atoms with Crippen molar-refractivity contribution in [2.24, 2.45) is 5.73 Å². The van der Waals surface area contributed by atoms with Gasteiger partial charge in [0, 0.05) is 6.42 Å². The molecule has 0 radical (unpaired) electrons. The number of benzene rings is 1. The third-order valence-corrected chi connectivity index (χ3v) is 3.80. The van der Waals surface area contributed by atoms with Crippen molar-refractivity contribution in [2.75, 3.05) is 0 Å². The molecule has 0 saturated heterocycles.